The summed E-state index contributed by atoms with van der Waals surface area (Å²) < 4.78 is 1.62. The van der Waals surface area contributed by atoms with Gasteiger partial charge in [-0.15, -0.1) is 0 Å². The number of nitrogens with zero attached hydrogens (tertiary/aromatic N) is 2. The second kappa shape index (κ2) is 4.44. The fourth-order valence-electron chi connectivity index (χ4n) is 2.22. The first-order valence-electron chi connectivity index (χ1n) is 5.97. The second-order valence-corrected chi connectivity index (χ2v) is 4.95. The molecule has 0 unspecified atom stereocenters. The van der Waals surface area contributed by atoms with Crippen molar-refractivity contribution in [3.05, 3.63) is 17.5 Å². The number of aryl methyl sites for hydroxylation is 2. The third-order valence-electron chi connectivity index (χ3n) is 3.53. The Morgan fingerprint density at radius 1 is 1.56 bits per heavy atom. The smallest absolute Gasteiger partial charge is 0.305 e. The van der Waals surface area contributed by atoms with E-state index in [0.717, 1.165) is 25.0 Å². The van der Waals surface area contributed by atoms with E-state index in [0.29, 0.717) is 5.69 Å². The summed E-state index contributed by atoms with van der Waals surface area (Å²) in [6, 6.07) is 1.70. The SMILES string of the molecule is Cc1cc(C(=O)NC2(CC(=O)O)CCC2)nn1C. The van der Waals surface area contributed by atoms with E-state index in [1.54, 1.807) is 17.8 Å². The van der Waals surface area contributed by atoms with Gasteiger partial charge in [0.15, 0.2) is 0 Å². The molecular formula is C12H17N3O3. The molecule has 0 atom stereocenters. The van der Waals surface area contributed by atoms with Gasteiger partial charge in [-0.2, -0.15) is 5.10 Å². The van der Waals surface area contributed by atoms with Crippen LogP contribution in [0.5, 0.6) is 0 Å². The van der Waals surface area contributed by atoms with Crippen LogP contribution in [0.2, 0.25) is 0 Å². The molecule has 0 radical (unpaired) electrons. The van der Waals surface area contributed by atoms with Gasteiger partial charge in [0, 0.05) is 12.7 Å². The van der Waals surface area contributed by atoms with Crippen molar-refractivity contribution in [2.24, 2.45) is 7.05 Å². The molecule has 0 aliphatic heterocycles. The number of rotatable bonds is 4. The summed E-state index contributed by atoms with van der Waals surface area (Å²) in [4.78, 5) is 22.8. The molecule has 2 rings (SSSR count). The topological polar surface area (TPSA) is 84.2 Å². The number of carboxylic acids is 1. The van der Waals surface area contributed by atoms with Crippen LogP contribution in [0.1, 0.15) is 41.9 Å². The van der Waals surface area contributed by atoms with Crippen molar-refractivity contribution >= 4 is 11.9 Å². The number of aromatic nitrogens is 2. The Balaban J connectivity index is 2.08. The first-order valence-corrected chi connectivity index (χ1v) is 5.97. The molecule has 1 aliphatic rings. The van der Waals surface area contributed by atoms with E-state index in [4.69, 9.17) is 5.11 Å². The van der Waals surface area contributed by atoms with Crippen LogP contribution in [-0.2, 0) is 11.8 Å². The van der Waals surface area contributed by atoms with E-state index in [1.165, 1.54) is 0 Å². The fourth-order valence-corrected chi connectivity index (χ4v) is 2.22. The normalized spacial score (nSPS) is 17.0. The van der Waals surface area contributed by atoms with Gasteiger partial charge in [0.2, 0.25) is 0 Å². The molecule has 1 aromatic heterocycles. The minimum atomic E-state index is -0.882. The molecule has 1 amide bonds. The molecule has 6 nitrogen and oxygen atoms in total. The summed E-state index contributed by atoms with van der Waals surface area (Å²) >= 11 is 0. The molecular weight excluding hydrogens is 234 g/mol. The van der Waals surface area contributed by atoms with Crippen LogP contribution in [0.15, 0.2) is 6.07 Å². The molecule has 0 aromatic carbocycles. The van der Waals surface area contributed by atoms with Crippen molar-refractivity contribution in [3.8, 4) is 0 Å². The Kier molecular flexibility index (Phi) is 3.11. The number of carboxylic acid groups (broad SMARTS) is 1. The average Bonchev–Trinajstić information content (AvgIpc) is 2.55. The third kappa shape index (κ3) is 2.37. The lowest BCUT2D eigenvalue weighted by Gasteiger charge is -2.41. The lowest BCUT2D eigenvalue weighted by Crippen LogP contribution is -2.54. The van der Waals surface area contributed by atoms with Gasteiger partial charge in [-0.3, -0.25) is 14.3 Å². The number of hydrogen-bond donors (Lipinski definition) is 2. The van der Waals surface area contributed by atoms with Crippen molar-refractivity contribution in [1.29, 1.82) is 0 Å². The van der Waals surface area contributed by atoms with Crippen molar-refractivity contribution in [2.75, 3.05) is 0 Å². The lowest BCUT2D eigenvalue weighted by molar-refractivity contribution is -0.139. The average molecular weight is 251 g/mol. The quantitative estimate of drug-likeness (QED) is 0.831. The van der Waals surface area contributed by atoms with Crippen LogP contribution in [0.25, 0.3) is 0 Å². The minimum absolute atomic E-state index is 0.0233. The largest absolute Gasteiger partial charge is 0.481 e. The van der Waals surface area contributed by atoms with E-state index in [2.05, 4.69) is 10.4 Å². The van der Waals surface area contributed by atoms with Crippen molar-refractivity contribution in [2.45, 2.75) is 38.1 Å². The summed E-state index contributed by atoms with van der Waals surface area (Å²) in [6.45, 7) is 1.86. The minimum Gasteiger partial charge on any atom is -0.481 e. The Morgan fingerprint density at radius 2 is 2.22 bits per heavy atom. The molecule has 1 fully saturated rings. The monoisotopic (exact) mass is 251 g/mol. The Bertz CT molecular complexity index is 469. The highest BCUT2D eigenvalue weighted by atomic mass is 16.4. The van der Waals surface area contributed by atoms with Crippen LogP contribution >= 0.6 is 0 Å². The molecule has 6 heteroatoms. The number of hydrogen-bond acceptors (Lipinski definition) is 3. The van der Waals surface area contributed by atoms with Crippen molar-refractivity contribution in [3.63, 3.8) is 0 Å². The molecule has 0 bridgehead atoms. The fraction of sp³-hybridized carbons (Fsp3) is 0.583. The van der Waals surface area contributed by atoms with Gasteiger partial charge in [-0.25, -0.2) is 0 Å². The van der Waals surface area contributed by atoms with Crippen LogP contribution in [0, 0.1) is 6.92 Å². The molecule has 98 valence electrons. The van der Waals surface area contributed by atoms with Gasteiger partial charge < -0.3 is 10.4 Å². The zero-order chi connectivity index (χ0) is 13.3. The number of amides is 1. The lowest BCUT2D eigenvalue weighted by atomic mass is 9.74. The summed E-state index contributed by atoms with van der Waals surface area (Å²) in [7, 11) is 1.77. The van der Waals surface area contributed by atoms with Gasteiger partial charge in [0.25, 0.3) is 5.91 Å². The first kappa shape index (κ1) is 12.6. The molecule has 1 saturated carbocycles. The van der Waals surface area contributed by atoms with E-state index in [-0.39, 0.29) is 12.3 Å². The van der Waals surface area contributed by atoms with Crippen LogP contribution < -0.4 is 5.32 Å². The summed E-state index contributed by atoms with van der Waals surface area (Å²) in [5.41, 5.74) is 0.654. The van der Waals surface area contributed by atoms with Crippen LogP contribution in [0.3, 0.4) is 0 Å². The van der Waals surface area contributed by atoms with Gasteiger partial charge in [-0.05, 0) is 32.3 Å². The Morgan fingerprint density at radius 3 is 2.61 bits per heavy atom. The molecule has 1 aliphatic carbocycles. The van der Waals surface area contributed by atoms with Gasteiger partial charge >= 0.3 is 5.97 Å². The van der Waals surface area contributed by atoms with Gasteiger partial charge in [0.1, 0.15) is 5.69 Å². The molecule has 0 saturated heterocycles. The summed E-state index contributed by atoms with van der Waals surface area (Å²) in [5, 5.41) is 15.8. The molecule has 1 aromatic rings. The zero-order valence-electron chi connectivity index (χ0n) is 10.6. The van der Waals surface area contributed by atoms with E-state index in [9.17, 15) is 9.59 Å². The molecule has 2 N–H and O–H groups in total. The Hall–Kier alpha value is -1.85. The van der Waals surface area contributed by atoms with Gasteiger partial charge in [-0.1, -0.05) is 0 Å². The maximum atomic E-state index is 12.0. The molecule has 0 spiro atoms. The van der Waals surface area contributed by atoms with Crippen LogP contribution in [-0.4, -0.2) is 32.3 Å². The van der Waals surface area contributed by atoms with Crippen molar-refractivity contribution in [1.82, 2.24) is 15.1 Å². The van der Waals surface area contributed by atoms with Crippen molar-refractivity contribution < 1.29 is 14.7 Å². The summed E-state index contributed by atoms with van der Waals surface area (Å²) in [6.07, 6.45) is 2.37. The molecule has 1 heterocycles. The predicted octanol–water partition coefficient (Wildman–Crippen LogP) is 0.856. The third-order valence-corrected chi connectivity index (χ3v) is 3.53. The predicted molar refractivity (Wildman–Crippen MR) is 64.2 cm³/mol. The van der Waals surface area contributed by atoms with E-state index in [1.807, 2.05) is 6.92 Å². The number of carbonyl (C=O) groups excluding carboxylic acids is 1. The summed E-state index contributed by atoms with van der Waals surface area (Å²) in [5.74, 6) is -1.17. The highest BCUT2D eigenvalue weighted by Crippen LogP contribution is 2.35. The number of nitrogens with one attached hydrogen (secondary N) is 1. The Labute approximate surface area is 105 Å². The standard InChI is InChI=1S/C12H17N3O3/c1-8-6-9(14-15(8)2)11(18)13-12(4-3-5-12)7-10(16)17/h6H,3-5,7H2,1-2H3,(H,13,18)(H,16,17). The highest BCUT2D eigenvalue weighted by molar-refractivity contribution is 5.93. The maximum absolute atomic E-state index is 12.0. The molecule has 18 heavy (non-hydrogen) atoms. The van der Waals surface area contributed by atoms with E-state index >= 15 is 0 Å². The first-order chi connectivity index (χ1) is 8.42. The number of aliphatic carboxylic acids is 1. The number of carbonyl (C=O) groups is 2. The van der Waals surface area contributed by atoms with E-state index < -0.39 is 11.5 Å². The maximum Gasteiger partial charge on any atom is 0.305 e. The highest BCUT2D eigenvalue weighted by Gasteiger charge is 2.40. The zero-order valence-corrected chi connectivity index (χ0v) is 10.6. The van der Waals surface area contributed by atoms with Crippen LogP contribution in [0.4, 0.5) is 0 Å². The van der Waals surface area contributed by atoms with Gasteiger partial charge in [0.05, 0.1) is 12.0 Å². The second-order valence-electron chi connectivity index (χ2n) is 4.95.